The molecule has 2 aromatic rings. The van der Waals surface area contributed by atoms with Crippen molar-refractivity contribution in [2.45, 2.75) is 25.4 Å². The van der Waals surface area contributed by atoms with Crippen molar-refractivity contribution >= 4 is 29.3 Å². The minimum absolute atomic E-state index is 0.0768. The smallest absolute Gasteiger partial charge is 0.276 e. The third kappa shape index (κ3) is 4.42. The van der Waals surface area contributed by atoms with E-state index in [2.05, 4.69) is 0 Å². The van der Waals surface area contributed by atoms with Crippen LogP contribution in [0.4, 0.5) is 11.4 Å². The second-order valence-electron chi connectivity index (χ2n) is 7.56. The molecule has 31 heavy (non-hydrogen) atoms. The summed E-state index contributed by atoms with van der Waals surface area (Å²) in [5.74, 6) is -0.0171. The predicted octanol–water partition coefficient (Wildman–Crippen LogP) is 3.41. The molecule has 160 valence electrons. The van der Waals surface area contributed by atoms with Gasteiger partial charge in [0.05, 0.1) is 22.7 Å². The number of para-hydroxylation sites is 3. The van der Waals surface area contributed by atoms with Crippen molar-refractivity contribution in [3.63, 3.8) is 0 Å². The predicted molar refractivity (Wildman–Crippen MR) is 116 cm³/mol. The normalized spacial score (nSPS) is 18.4. The van der Waals surface area contributed by atoms with Crippen LogP contribution in [0.5, 0.6) is 5.75 Å². The van der Waals surface area contributed by atoms with Gasteiger partial charge >= 0.3 is 0 Å². The third-order valence-corrected chi connectivity index (χ3v) is 5.52. The number of rotatable bonds is 4. The minimum Gasteiger partial charge on any atom is -0.476 e. The van der Waals surface area contributed by atoms with Crippen LogP contribution in [0.1, 0.15) is 24.8 Å². The Bertz CT molecular complexity index is 1030. The molecule has 2 aromatic carbocycles. The fraction of sp³-hybridized carbons (Fsp3) is 0.304. The summed E-state index contributed by atoms with van der Waals surface area (Å²) < 4.78 is 5.94. The van der Waals surface area contributed by atoms with Crippen LogP contribution >= 0.6 is 0 Å². The fourth-order valence-corrected chi connectivity index (χ4v) is 3.94. The van der Waals surface area contributed by atoms with Gasteiger partial charge in [-0.3, -0.25) is 19.7 Å². The van der Waals surface area contributed by atoms with Crippen LogP contribution in [-0.4, -0.2) is 47.4 Å². The van der Waals surface area contributed by atoms with E-state index in [0.717, 1.165) is 19.3 Å². The largest absolute Gasteiger partial charge is 0.476 e. The number of amides is 2. The number of hydrogen-bond acceptors (Lipinski definition) is 5. The Labute approximate surface area is 179 Å². The van der Waals surface area contributed by atoms with Gasteiger partial charge < -0.3 is 14.5 Å². The van der Waals surface area contributed by atoms with Gasteiger partial charge in [-0.25, -0.2) is 0 Å². The lowest BCUT2D eigenvalue weighted by Gasteiger charge is -2.37. The fourth-order valence-electron chi connectivity index (χ4n) is 3.94. The second kappa shape index (κ2) is 8.99. The highest BCUT2D eigenvalue weighted by atomic mass is 16.6. The number of carbonyl (C=O) groups is 2. The average Bonchev–Trinajstić information content (AvgIpc) is 2.82. The highest BCUT2D eigenvalue weighted by molar-refractivity contribution is 6.06. The van der Waals surface area contributed by atoms with Crippen molar-refractivity contribution in [2.75, 3.05) is 24.5 Å². The van der Waals surface area contributed by atoms with Crippen LogP contribution in [0.3, 0.4) is 0 Å². The molecule has 0 saturated carbocycles. The zero-order valence-electron chi connectivity index (χ0n) is 17.0. The van der Waals surface area contributed by atoms with Crippen LogP contribution < -0.4 is 9.64 Å². The maximum atomic E-state index is 13.0. The Hall–Kier alpha value is -3.68. The van der Waals surface area contributed by atoms with Gasteiger partial charge in [0.1, 0.15) is 5.75 Å². The molecule has 1 saturated heterocycles. The van der Waals surface area contributed by atoms with Gasteiger partial charge in [-0.2, -0.15) is 0 Å². The number of fused-ring (bicyclic) bond motifs is 1. The number of benzene rings is 2. The van der Waals surface area contributed by atoms with Crippen molar-refractivity contribution in [2.24, 2.45) is 0 Å². The van der Waals surface area contributed by atoms with Crippen LogP contribution in [0, 0.1) is 10.1 Å². The van der Waals surface area contributed by atoms with Gasteiger partial charge in [-0.1, -0.05) is 24.3 Å². The minimum atomic E-state index is -0.781. The van der Waals surface area contributed by atoms with E-state index >= 15 is 0 Å². The van der Waals surface area contributed by atoms with Crippen molar-refractivity contribution in [1.29, 1.82) is 0 Å². The van der Waals surface area contributed by atoms with Crippen LogP contribution in [0.2, 0.25) is 0 Å². The van der Waals surface area contributed by atoms with Gasteiger partial charge in [0.2, 0.25) is 0 Å². The lowest BCUT2D eigenvalue weighted by molar-refractivity contribution is -0.385. The first-order valence-corrected chi connectivity index (χ1v) is 10.3. The second-order valence-corrected chi connectivity index (χ2v) is 7.56. The summed E-state index contributed by atoms with van der Waals surface area (Å²) in [5.41, 5.74) is 0.831. The molecule has 0 N–H and O–H groups in total. The summed E-state index contributed by atoms with van der Waals surface area (Å²) in [6.07, 6.45) is 5.00. The van der Waals surface area contributed by atoms with E-state index in [0.29, 0.717) is 30.1 Å². The molecule has 4 rings (SSSR count). The van der Waals surface area contributed by atoms with Gasteiger partial charge in [0, 0.05) is 25.2 Å². The third-order valence-electron chi connectivity index (χ3n) is 5.52. The van der Waals surface area contributed by atoms with Crippen LogP contribution in [0.25, 0.3) is 6.08 Å². The lowest BCUT2D eigenvalue weighted by atomic mass is 10.1. The number of nitro groups is 1. The summed E-state index contributed by atoms with van der Waals surface area (Å²) in [4.78, 5) is 40.1. The van der Waals surface area contributed by atoms with Crippen LogP contribution in [-0.2, 0) is 9.59 Å². The number of likely N-dealkylation sites (tertiary alicyclic amines) is 1. The van der Waals surface area contributed by atoms with Gasteiger partial charge in [0.25, 0.3) is 17.5 Å². The maximum Gasteiger partial charge on any atom is 0.276 e. The molecule has 0 bridgehead atoms. The Kier molecular flexibility index (Phi) is 5.97. The molecule has 8 heteroatoms. The maximum absolute atomic E-state index is 13.0. The summed E-state index contributed by atoms with van der Waals surface area (Å²) in [5, 5.41) is 11.2. The SMILES string of the molecule is O=C([C@@H]1CN(C(=O)/C=C/c2ccccc2[N+](=O)[O-])c2ccccc2O1)N1CCCCC1. The molecule has 0 unspecified atom stereocenters. The first kappa shape index (κ1) is 20.6. The number of piperidine rings is 1. The highest BCUT2D eigenvalue weighted by Crippen LogP contribution is 2.34. The zero-order valence-corrected chi connectivity index (χ0v) is 17.0. The quantitative estimate of drug-likeness (QED) is 0.428. The van der Waals surface area contributed by atoms with E-state index in [-0.39, 0.29) is 24.0 Å². The molecule has 8 nitrogen and oxygen atoms in total. The van der Waals surface area contributed by atoms with Gasteiger partial charge in [0.15, 0.2) is 6.10 Å². The Morgan fingerprint density at radius 2 is 1.74 bits per heavy atom. The van der Waals surface area contributed by atoms with E-state index in [1.165, 1.54) is 23.1 Å². The van der Waals surface area contributed by atoms with Crippen molar-refractivity contribution in [1.82, 2.24) is 4.90 Å². The van der Waals surface area contributed by atoms with E-state index in [9.17, 15) is 19.7 Å². The molecular weight excluding hydrogens is 398 g/mol. The summed E-state index contributed by atoms with van der Waals surface area (Å²) in [7, 11) is 0. The Morgan fingerprint density at radius 1 is 1.03 bits per heavy atom. The van der Waals surface area contributed by atoms with Gasteiger partial charge in [-0.15, -0.1) is 0 Å². The van der Waals surface area contributed by atoms with Gasteiger partial charge in [-0.05, 0) is 43.5 Å². The molecule has 0 radical (unpaired) electrons. The number of nitrogens with zero attached hydrogens (tertiary/aromatic N) is 3. The van der Waals surface area contributed by atoms with Crippen LogP contribution in [0.15, 0.2) is 54.6 Å². The molecule has 2 aliphatic heterocycles. The molecule has 1 fully saturated rings. The highest BCUT2D eigenvalue weighted by Gasteiger charge is 2.35. The summed E-state index contributed by atoms with van der Waals surface area (Å²) in [6.45, 7) is 1.49. The molecular formula is C23H23N3O5. The Balaban J connectivity index is 1.58. The van der Waals surface area contributed by atoms with E-state index < -0.39 is 11.0 Å². The summed E-state index contributed by atoms with van der Waals surface area (Å²) >= 11 is 0. The van der Waals surface area contributed by atoms with Crippen molar-refractivity contribution in [3.8, 4) is 5.75 Å². The molecule has 2 amide bonds. The average molecular weight is 421 g/mol. The zero-order chi connectivity index (χ0) is 21.8. The first-order chi connectivity index (χ1) is 15.0. The number of hydrogen-bond donors (Lipinski definition) is 0. The Morgan fingerprint density at radius 3 is 2.52 bits per heavy atom. The molecule has 1 atom stereocenters. The number of ether oxygens (including phenoxy) is 1. The van der Waals surface area contributed by atoms with E-state index in [4.69, 9.17) is 4.74 Å². The molecule has 2 heterocycles. The lowest BCUT2D eigenvalue weighted by Crippen LogP contribution is -2.52. The molecule has 0 spiro atoms. The first-order valence-electron chi connectivity index (χ1n) is 10.3. The van der Waals surface area contributed by atoms with E-state index in [1.807, 2.05) is 0 Å². The van der Waals surface area contributed by atoms with Crippen molar-refractivity contribution < 1.29 is 19.2 Å². The molecule has 0 aromatic heterocycles. The van der Waals surface area contributed by atoms with Crippen molar-refractivity contribution in [3.05, 3.63) is 70.3 Å². The molecule has 0 aliphatic carbocycles. The van der Waals surface area contributed by atoms with E-state index in [1.54, 1.807) is 47.4 Å². The number of carbonyl (C=O) groups excluding carboxylic acids is 2. The number of anilines is 1. The monoisotopic (exact) mass is 421 g/mol. The summed E-state index contributed by atoms with van der Waals surface area (Å²) in [6, 6.07) is 13.3. The molecule has 2 aliphatic rings. The topological polar surface area (TPSA) is 93.0 Å². The number of nitro benzene ring substituents is 1. The standard InChI is InChI=1S/C23H23N3O5/c27-22(13-12-17-8-2-3-9-18(17)26(29)30)25-16-21(23(28)24-14-6-1-7-15-24)31-20-11-5-4-10-19(20)25/h2-5,8-13,21H,1,6-7,14-16H2/b13-12+/t21-/m0/s1.